The van der Waals surface area contributed by atoms with Gasteiger partial charge in [-0.1, -0.05) is 10.3 Å². The van der Waals surface area contributed by atoms with Gasteiger partial charge in [-0.25, -0.2) is 9.18 Å². The minimum absolute atomic E-state index is 0.283. The second-order valence-corrected chi connectivity index (χ2v) is 5.88. The van der Waals surface area contributed by atoms with Crippen LogP contribution in [-0.2, 0) is 4.74 Å². The Morgan fingerprint density at radius 3 is 2.88 bits per heavy atom. The quantitative estimate of drug-likeness (QED) is 0.748. The Balaban J connectivity index is 1.47. The zero-order valence-electron chi connectivity index (χ0n) is 13.8. The zero-order valence-corrected chi connectivity index (χ0v) is 13.8. The smallest absolute Gasteiger partial charge is 0.414 e. The zero-order chi connectivity index (χ0) is 18.1. The lowest BCUT2D eigenvalue weighted by molar-refractivity contribution is 0.147. The highest BCUT2D eigenvalue weighted by Gasteiger charge is 2.32. The molecule has 1 amide bonds. The number of cyclic esters (lactones) is 1. The molecule has 1 aliphatic heterocycles. The molecule has 8 nitrogen and oxygen atoms in total. The summed E-state index contributed by atoms with van der Waals surface area (Å²) in [5, 5.41) is 10.5. The van der Waals surface area contributed by atoms with Gasteiger partial charge in [0.25, 0.3) is 0 Å². The third-order valence-corrected chi connectivity index (χ3v) is 3.98. The number of rotatable bonds is 5. The minimum atomic E-state index is -0.528. The van der Waals surface area contributed by atoms with Gasteiger partial charge in [-0.2, -0.15) is 0 Å². The number of halogens is 1. The number of aromatic nitrogens is 2. The number of anilines is 2. The van der Waals surface area contributed by atoms with Crippen LogP contribution in [0.2, 0.25) is 0 Å². The number of hydrogen-bond acceptors (Lipinski definition) is 7. The molecule has 1 saturated heterocycles. The van der Waals surface area contributed by atoms with Gasteiger partial charge in [0, 0.05) is 12.1 Å². The molecule has 0 aliphatic carbocycles. The van der Waals surface area contributed by atoms with E-state index < -0.39 is 11.9 Å². The van der Waals surface area contributed by atoms with Gasteiger partial charge in [0.05, 0.1) is 30.0 Å². The van der Waals surface area contributed by atoms with Crippen molar-refractivity contribution in [1.82, 2.24) is 10.3 Å². The molecule has 134 valence electrons. The van der Waals surface area contributed by atoms with Gasteiger partial charge in [-0.15, -0.1) is 0 Å². The third-order valence-electron chi connectivity index (χ3n) is 3.98. The predicted octanol–water partition coefficient (Wildman–Crippen LogP) is 3.21. The molecule has 0 bridgehead atoms. The van der Waals surface area contributed by atoms with Crippen molar-refractivity contribution in [2.24, 2.45) is 0 Å². The Hall–Kier alpha value is -3.36. The Morgan fingerprint density at radius 2 is 2.19 bits per heavy atom. The molecule has 0 spiro atoms. The third kappa shape index (κ3) is 3.10. The molecule has 3 heterocycles. The molecule has 3 aromatic rings. The summed E-state index contributed by atoms with van der Waals surface area (Å²) in [5.41, 5.74) is 1.36. The maximum atomic E-state index is 14.5. The second kappa shape index (κ2) is 6.51. The summed E-state index contributed by atoms with van der Waals surface area (Å²) in [4.78, 5) is 13.5. The van der Waals surface area contributed by atoms with Crippen LogP contribution in [0.15, 0.2) is 45.6 Å². The minimum Gasteiger partial charge on any atom is -0.442 e. The van der Waals surface area contributed by atoms with Crippen LogP contribution < -0.4 is 10.2 Å². The van der Waals surface area contributed by atoms with Gasteiger partial charge in [-0.3, -0.25) is 4.90 Å². The van der Waals surface area contributed by atoms with Crippen molar-refractivity contribution in [3.8, 4) is 11.3 Å². The number of nitrogens with zero attached hydrogens (tertiary/aromatic N) is 3. The molecule has 26 heavy (non-hydrogen) atoms. The number of carbonyl (C=O) groups is 1. The van der Waals surface area contributed by atoms with Crippen molar-refractivity contribution in [1.29, 1.82) is 0 Å². The molecule has 1 fully saturated rings. The average molecular weight is 358 g/mol. The van der Waals surface area contributed by atoms with E-state index in [1.165, 1.54) is 17.2 Å². The molecule has 1 aliphatic rings. The summed E-state index contributed by atoms with van der Waals surface area (Å²) in [6.07, 6.45) is 0.522. The summed E-state index contributed by atoms with van der Waals surface area (Å²) in [7, 11) is 0. The van der Waals surface area contributed by atoms with Crippen molar-refractivity contribution in [3.63, 3.8) is 0 Å². The van der Waals surface area contributed by atoms with Crippen molar-refractivity contribution in [2.75, 3.05) is 23.3 Å². The molecule has 9 heteroatoms. The predicted molar refractivity (Wildman–Crippen MR) is 89.2 cm³/mol. The van der Waals surface area contributed by atoms with Gasteiger partial charge in [0.2, 0.25) is 0 Å². The number of hydrogen-bond donors (Lipinski definition) is 1. The first-order valence-electron chi connectivity index (χ1n) is 7.96. The van der Waals surface area contributed by atoms with E-state index in [0.717, 1.165) is 0 Å². The maximum Gasteiger partial charge on any atom is 0.414 e. The van der Waals surface area contributed by atoms with E-state index in [4.69, 9.17) is 13.8 Å². The van der Waals surface area contributed by atoms with Gasteiger partial charge in [0.15, 0.2) is 11.6 Å². The standard InChI is InChI=1S/C17H15FN4O4/c1-10-6-15(26-20-10)13-3-2-11(7-14(13)18)22-9-12(25-17(22)23)8-19-16-4-5-24-21-16/h2-7,12H,8-9H2,1H3,(H,19,21)/t12-/m0/s1. The van der Waals surface area contributed by atoms with E-state index in [1.54, 1.807) is 31.2 Å². The Morgan fingerprint density at radius 1 is 1.31 bits per heavy atom. The van der Waals surface area contributed by atoms with Gasteiger partial charge >= 0.3 is 6.09 Å². The molecular formula is C17H15FN4O4. The molecular weight excluding hydrogens is 343 g/mol. The maximum absolute atomic E-state index is 14.5. The van der Waals surface area contributed by atoms with E-state index in [2.05, 4.69) is 15.6 Å². The van der Waals surface area contributed by atoms with Crippen LogP contribution in [0.5, 0.6) is 0 Å². The molecule has 4 rings (SSSR count). The lowest BCUT2D eigenvalue weighted by Crippen LogP contribution is -2.27. The lowest BCUT2D eigenvalue weighted by Gasteiger charge is -2.14. The monoisotopic (exact) mass is 358 g/mol. The van der Waals surface area contributed by atoms with Crippen molar-refractivity contribution < 1.29 is 23.0 Å². The molecule has 0 radical (unpaired) electrons. The van der Waals surface area contributed by atoms with Crippen molar-refractivity contribution in [3.05, 3.63) is 48.1 Å². The van der Waals surface area contributed by atoms with Crippen molar-refractivity contribution >= 4 is 17.6 Å². The summed E-state index contributed by atoms with van der Waals surface area (Å²) in [6.45, 7) is 2.42. The fourth-order valence-electron chi connectivity index (χ4n) is 2.72. The lowest BCUT2D eigenvalue weighted by atomic mass is 10.1. The topological polar surface area (TPSA) is 93.6 Å². The van der Waals surface area contributed by atoms with Gasteiger partial charge in [-0.05, 0) is 25.1 Å². The first-order valence-corrected chi connectivity index (χ1v) is 7.96. The molecule has 1 atom stereocenters. The molecule has 0 saturated carbocycles. The normalized spacial score (nSPS) is 16.8. The Bertz CT molecular complexity index is 925. The van der Waals surface area contributed by atoms with E-state index in [0.29, 0.717) is 36.0 Å². The van der Waals surface area contributed by atoms with Crippen LogP contribution in [0, 0.1) is 12.7 Å². The first kappa shape index (κ1) is 16.1. The molecule has 2 aromatic heterocycles. The van der Waals surface area contributed by atoms with Crippen LogP contribution in [0.1, 0.15) is 5.69 Å². The Labute approximate surface area is 147 Å². The second-order valence-electron chi connectivity index (χ2n) is 5.88. The van der Waals surface area contributed by atoms with E-state index >= 15 is 0 Å². The van der Waals surface area contributed by atoms with Crippen LogP contribution >= 0.6 is 0 Å². The highest BCUT2D eigenvalue weighted by atomic mass is 19.1. The number of amides is 1. The molecule has 0 unspecified atom stereocenters. The summed E-state index contributed by atoms with van der Waals surface area (Å²) in [6, 6.07) is 7.79. The fourth-order valence-corrected chi connectivity index (χ4v) is 2.72. The largest absolute Gasteiger partial charge is 0.442 e. The highest BCUT2D eigenvalue weighted by molar-refractivity contribution is 5.90. The van der Waals surface area contributed by atoms with E-state index in [-0.39, 0.29) is 11.7 Å². The van der Waals surface area contributed by atoms with Crippen molar-refractivity contribution in [2.45, 2.75) is 13.0 Å². The SMILES string of the molecule is Cc1cc(-c2ccc(N3C[C@H](CNc4ccon4)OC3=O)cc2F)on1. The first-order chi connectivity index (χ1) is 12.6. The van der Waals surface area contributed by atoms with Crippen LogP contribution in [0.25, 0.3) is 11.3 Å². The van der Waals surface area contributed by atoms with Crippen LogP contribution in [-0.4, -0.2) is 35.6 Å². The number of benzene rings is 1. The fraction of sp³-hybridized carbons (Fsp3) is 0.235. The number of aryl methyl sites for hydroxylation is 1. The number of ether oxygens (including phenoxy) is 1. The van der Waals surface area contributed by atoms with E-state index in [9.17, 15) is 9.18 Å². The van der Waals surface area contributed by atoms with Crippen LogP contribution in [0.3, 0.4) is 0 Å². The number of nitrogens with one attached hydrogen (secondary N) is 1. The average Bonchev–Trinajstić information content (AvgIpc) is 3.34. The molecule has 1 aromatic carbocycles. The molecule has 1 N–H and O–H groups in total. The van der Waals surface area contributed by atoms with Gasteiger partial charge in [0.1, 0.15) is 18.2 Å². The summed E-state index contributed by atoms with van der Waals surface area (Å²) >= 11 is 0. The van der Waals surface area contributed by atoms with Crippen LogP contribution in [0.4, 0.5) is 20.7 Å². The van der Waals surface area contributed by atoms with Gasteiger partial charge < -0.3 is 19.1 Å². The van der Waals surface area contributed by atoms with E-state index in [1.807, 2.05) is 0 Å². The Kier molecular flexibility index (Phi) is 4.04. The summed E-state index contributed by atoms with van der Waals surface area (Å²) < 4.78 is 29.6. The highest BCUT2D eigenvalue weighted by Crippen LogP contribution is 2.29. The summed E-state index contributed by atoms with van der Waals surface area (Å²) in [5.74, 6) is 0.387. The number of carbonyl (C=O) groups excluding carboxylic acids is 1.